The average molecular weight is 267 g/mol. The Morgan fingerprint density at radius 2 is 1.89 bits per heavy atom. The quantitative estimate of drug-likeness (QED) is 0.787. The van der Waals surface area contributed by atoms with Crippen molar-refractivity contribution in [3.63, 3.8) is 0 Å². The molecule has 0 bridgehead atoms. The van der Waals surface area contributed by atoms with Crippen molar-refractivity contribution in [3.05, 3.63) is 35.9 Å². The molecule has 1 aliphatic rings. The van der Waals surface area contributed by atoms with E-state index in [-0.39, 0.29) is 0 Å². The summed E-state index contributed by atoms with van der Waals surface area (Å²) in [4.78, 5) is 0.316. The third-order valence-corrected chi connectivity index (χ3v) is 4.98. The second kappa shape index (κ2) is 5.12. The number of rotatable bonds is 3. The molecule has 1 aliphatic heterocycles. The number of ether oxygens (including phenoxy) is 1. The van der Waals surface area contributed by atoms with Crippen LogP contribution in [-0.2, 0) is 10.0 Å². The molecule has 0 aromatic heterocycles. The van der Waals surface area contributed by atoms with Crippen molar-refractivity contribution in [3.8, 4) is 5.75 Å². The molecule has 18 heavy (non-hydrogen) atoms. The highest BCUT2D eigenvalue weighted by atomic mass is 32.2. The number of nitrogens with zero attached hydrogens (tertiary/aromatic N) is 1. The monoisotopic (exact) mass is 267 g/mol. The van der Waals surface area contributed by atoms with Crippen molar-refractivity contribution >= 4 is 10.0 Å². The number of hydrogen-bond donors (Lipinski definition) is 0. The maximum atomic E-state index is 12.3. The van der Waals surface area contributed by atoms with Crippen molar-refractivity contribution in [2.24, 2.45) is 0 Å². The summed E-state index contributed by atoms with van der Waals surface area (Å²) in [5, 5.41) is 0. The van der Waals surface area contributed by atoms with Gasteiger partial charge in [-0.3, -0.25) is 0 Å². The highest BCUT2D eigenvalue weighted by molar-refractivity contribution is 7.89. The molecule has 1 aromatic rings. The average Bonchev–Trinajstić information content (AvgIpc) is 2.39. The van der Waals surface area contributed by atoms with Crippen LogP contribution >= 0.6 is 0 Å². The van der Waals surface area contributed by atoms with Gasteiger partial charge in [0.2, 0.25) is 10.0 Å². The minimum Gasteiger partial charge on any atom is -0.497 e. The van der Waals surface area contributed by atoms with Gasteiger partial charge in [-0.25, -0.2) is 8.42 Å². The zero-order valence-corrected chi connectivity index (χ0v) is 11.4. The molecule has 4 nitrogen and oxygen atoms in total. The Morgan fingerprint density at radius 3 is 2.39 bits per heavy atom. The van der Waals surface area contributed by atoms with Crippen LogP contribution in [0.3, 0.4) is 0 Å². The van der Waals surface area contributed by atoms with Crippen LogP contribution in [0.2, 0.25) is 0 Å². The molecule has 0 N–H and O–H groups in total. The van der Waals surface area contributed by atoms with E-state index < -0.39 is 10.0 Å². The molecule has 0 aliphatic carbocycles. The first-order chi connectivity index (χ1) is 8.54. The van der Waals surface area contributed by atoms with Gasteiger partial charge in [0.15, 0.2) is 0 Å². The van der Waals surface area contributed by atoms with Crippen LogP contribution in [0.5, 0.6) is 5.75 Å². The lowest BCUT2D eigenvalue weighted by atomic mass is 10.1. The van der Waals surface area contributed by atoms with Gasteiger partial charge in [-0.2, -0.15) is 4.31 Å². The van der Waals surface area contributed by atoms with Crippen molar-refractivity contribution in [2.75, 3.05) is 20.2 Å². The van der Waals surface area contributed by atoms with Crippen molar-refractivity contribution in [1.82, 2.24) is 4.31 Å². The summed E-state index contributed by atoms with van der Waals surface area (Å²) in [7, 11) is -1.82. The first-order valence-corrected chi connectivity index (χ1v) is 7.28. The molecule has 1 heterocycles. The Bertz CT molecular complexity index is 546. The van der Waals surface area contributed by atoms with Gasteiger partial charge >= 0.3 is 0 Å². The van der Waals surface area contributed by atoms with Crippen LogP contribution in [0.4, 0.5) is 0 Å². The Kier molecular flexibility index (Phi) is 3.73. The van der Waals surface area contributed by atoms with E-state index in [9.17, 15) is 8.42 Å². The van der Waals surface area contributed by atoms with E-state index in [1.807, 2.05) is 13.0 Å². The molecule has 0 spiro atoms. The summed E-state index contributed by atoms with van der Waals surface area (Å²) in [5.74, 6) is 0.656. The molecule has 0 saturated heterocycles. The van der Waals surface area contributed by atoms with E-state index in [4.69, 9.17) is 4.74 Å². The maximum Gasteiger partial charge on any atom is 0.243 e. The van der Waals surface area contributed by atoms with E-state index >= 15 is 0 Å². The van der Waals surface area contributed by atoms with E-state index in [0.29, 0.717) is 23.7 Å². The molecular weight excluding hydrogens is 250 g/mol. The second-order valence-corrected chi connectivity index (χ2v) is 6.28. The standard InChI is InChI=1S/C13H17NO3S/c1-11-7-9-14(10-8-11)18(15,16)13-5-3-12(17-2)4-6-13/h3-7H,8-10H2,1-2H3. The summed E-state index contributed by atoms with van der Waals surface area (Å²) < 4.78 is 31.2. The topological polar surface area (TPSA) is 46.6 Å². The second-order valence-electron chi connectivity index (χ2n) is 4.34. The molecule has 0 amide bonds. The van der Waals surface area contributed by atoms with E-state index in [1.165, 1.54) is 9.88 Å². The fourth-order valence-electron chi connectivity index (χ4n) is 1.87. The zero-order valence-electron chi connectivity index (χ0n) is 10.6. The van der Waals surface area contributed by atoms with E-state index in [2.05, 4.69) is 0 Å². The minimum absolute atomic E-state index is 0.316. The van der Waals surface area contributed by atoms with Crippen LogP contribution in [0, 0.1) is 0 Å². The predicted octanol–water partition coefficient (Wildman–Crippen LogP) is 2.04. The highest BCUT2D eigenvalue weighted by Gasteiger charge is 2.25. The minimum atomic E-state index is -3.38. The number of hydrogen-bond acceptors (Lipinski definition) is 3. The zero-order chi connectivity index (χ0) is 13.2. The van der Waals surface area contributed by atoms with Gasteiger partial charge in [0.05, 0.1) is 12.0 Å². The van der Waals surface area contributed by atoms with E-state index in [0.717, 1.165) is 6.42 Å². The lowest BCUT2D eigenvalue weighted by Gasteiger charge is -2.24. The first kappa shape index (κ1) is 13.1. The molecule has 1 aromatic carbocycles. The summed E-state index contributed by atoms with van der Waals surface area (Å²) in [5.41, 5.74) is 1.25. The number of benzene rings is 1. The van der Waals surface area contributed by atoms with Gasteiger partial charge in [-0.15, -0.1) is 0 Å². The summed E-state index contributed by atoms with van der Waals surface area (Å²) >= 11 is 0. The number of methoxy groups -OCH3 is 1. The Hall–Kier alpha value is -1.33. The maximum absolute atomic E-state index is 12.3. The normalized spacial score (nSPS) is 17.3. The molecule has 5 heteroatoms. The van der Waals surface area contributed by atoms with Gasteiger partial charge in [0.1, 0.15) is 5.75 Å². The van der Waals surface area contributed by atoms with Gasteiger partial charge < -0.3 is 4.74 Å². The van der Waals surface area contributed by atoms with Crippen LogP contribution in [-0.4, -0.2) is 32.9 Å². The molecule has 0 fully saturated rings. The molecular formula is C13H17NO3S. The highest BCUT2D eigenvalue weighted by Crippen LogP contribution is 2.22. The van der Waals surface area contributed by atoms with Crippen LogP contribution in [0.15, 0.2) is 40.8 Å². The fraction of sp³-hybridized carbons (Fsp3) is 0.385. The van der Waals surface area contributed by atoms with Crippen LogP contribution < -0.4 is 4.74 Å². The van der Waals surface area contributed by atoms with Crippen molar-refractivity contribution in [1.29, 1.82) is 0 Å². The van der Waals surface area contributed by atoms with Gasteiger partial charge in [-0.1, -0.05) is 11.6 Å². The van der Waals surface area contributed by atoms with Gasteiger partial charge in [0, 0.05) is 13.1 Å². The Labute approximate surface area is 108 Å². The summed E-state index contributed by atoms with van der Waals surface area (Å²) in [6, 6.07) is 6.49. The molecule has 2 rings (SSSR count). The molecule has 0 unspecified atom stereocenters. The summed E-state index contributed by atoms with van der Waals surface area (Å²) in [6.45, 7) is 3.04. The number of sulfonamides is 1. The molecule has 98 valence electrons. The summed E-state index contributed by atoms with van der Waals surface area (Å²) in [6.07, 6.45) is 2.76. The predicted molar refractivity (Wildman–Crippen MR) is 70.1 cm³/mol. The lowest BCUT2D eigenvalue weighted by molar-refractivity contribution is 0.413. The molecule has 0 radical (unpaired) electrons. The third-order valence-electron chi connectivity index (χ3n) is 3.10. The van der Waals surface area contributed by atoms with Crippen LogP contribution in [0.1, 0.15) is 13.3 Å². The van der Waals surface area contributed by atoms with Crippen molar-refractivity contribution < 1.29 is 13.2 Å². The Morgan fingerprint density at radius 1 is 1.22 bits per heavy atom. The fourth-order valence-corrected chi connectivity index (χ4v) is 3.25. The van der Waals surface area contributed by atoms with E-state index in [1.54, 1.807) is 31.4 Å². The van der Waals surface area contributed by atoms with Crippen molar-refractivity contribution in [2.45, 2.75) is 18.2 Å². The lowest BCUT2D eigenvalue weighted by Crippen LogP contribution is -2.34. The largest absolute Gasteiger partial charge is 0.497 e. The van der Waals surface area contributed by atoms with Gasteiger partial charge in [0.25, 0.3) is 0 Å². The molecule has 0 atom stereocenters. The molecule has 0 saturated carbocycles. The van der Waals surface area contributed by atoms with Gasteiger partial charge in [-0.05, 0) is 37.6 Å². The first-order valence-electron chi connectivity index (χ1n) is 5.84. The smallest absolute Gasteiger partial charge is 0.243 e. The third kappa shape index (κ3) is 2.57. The Balaban J connectivity index is 2.25. The SMILES string of the molecule is COc1ccc(S(=O)(=O)N2CC=C(C)CC2)cc1. The van der Waals surface area contributed by atoms with Crippen LogP contribution in [0.25, 0.3) is 0 Å².